The number of carboxylic acid groups (broad SMARTS) is 1. The Morgan fingerprint density at radius 1 is 1.16 bits per heavy atom. The topological polar surface area (TPSA) is 118 Å². The van der Waals surface area contributed by atoms with E-state index >= 15 is 0 Å². The van der Waals surface area contributed by atoms with Gasteiger partial charge in [-0.2, -0.15) is 0 Å². The summed E-state index contributed by atoms with van der Waals surface area (Å²) in [5, 5.41) is 11.0. The highest BCUT2D eigenvalue weighted by Gasteiger charge is 2.14. The van der Waals surface area contributed by atoms with Gasteiger partial charge < -0.3 is 10.4 Å². The van der Waals surface area contributed by atoms with Crippen molar-refractivity contribution < 1.29 is 27.3 Å². The second kappa shape index (κ2) is 7.98. The predicted molar refractivity (Wildman–Crippen MR) is 65.4 cm³/mol. The van der Waals surface area contributed by atoms with E-state index in [-0.39, 0.29) is 5.91 Å². The first-order valence-corrected chi connectivity index (χ1v) is 6.11. The molecule has 1 aromatic rings. The first-order chi connectivity index (χ1) is 8.73. The Bertz CT molecular complexity index is 542. The molecule has 1 rings (SSSR count). The lowest BCUT2D eigenvalue weighted by Crippen LogP contribution is -2.38. The van der Waals surface area contributed by atoms with Crippen molar-refractivity contribution in [3.8, 4) is 0 Å². The van der Waals surface area contributed by atoms with Gasteiger partial charge in [0.1, 0.15) is 6.04 Å². The number of hydrogen-bond donors (Lipinski definition) is 2. The first kappa shape index (κ1) is 16.8. The maximum absolute atomic E-state index is 11.5. The fourth-order valence-corrected chi connectivity index (χ4v) is 1.05. The molecule has 0 radical (unpaired) electrons. The van der Waals surface area contributed by atoms with Crippen LogP contribution in [-0.2, 0) is 15.4 Å². The van der Waals surface area contributed by atoms with Gasteiger partial charge in [0.15, 0.2) is 0 Å². The molecule has 2 N–H and O–H groups in total. The Kier molecular flexibility index (Phi) is 7.05. The zero-order valence-corrected chi connectivity index (χ0v) is 11.1. The van der Waals surface area contributed by atoms with E-state index in [1.807, 2.05) is 6.92 Å². The SMILES string of the molecule is Cc1ccc(C(=O)NC(C)C(=O)O)cc1.O=S(=O)=O. The van der Waals surface area contributed by atoms with Crippen LogP contribution in [0.3, 0.4) is 0 Å². The number of carbonyl (C=O) groups is 2. The third-order valence-corrected chi connectivity index (χ3v) is 2.03. The average molecular weight is 287 g/mol. The van der Waals surface area contributed by atoms with Crippen molar-refractivity contribution in [1.82, 2.24) is 5.32 Å². The summed E-state index contributed by atoms with van der Waals surface area (Å²) >= 11 is 0. The minimum absolute atomic E-state index is 0.370. The number of nitrogens with one attached hydrogen (secondary N) is 1. The number of amides is 1. The number of aryl methyl sites for hydroxylation is 1. The molecule has 104 valence electrons. The summed E-state index contributed by atoms with van der Waals surface area (Å²) in [7, 11) is -3.11. The number of benzene rings is 1. The molecule has 0 spiro atoms. The third-order valence-electron chi connectivity index (χ3n) is 2.03. The molecule has 0 fully saturated rings. The van der Waals surface area contributed by atoms with Crippen LogP contribution in [0.25, 0.3) is 0 Å². The molecule has 1 atom stereocenters. The van der Waals surface area contributed by atoms with E-state index in [4.69, 9.17) is 17.7 Å². The number of carbonyl (C=O) groups excluding carboxylic acids is 1. The van der Waals surface area contributed by atoms with Crippen LogP contribution >= 0.6 is 0 Å². The zero-order valence-electron chi connectivity index (χ0n) is 10.3. The van der Waals surface area contributed by atoms with E-state index in [2.05, 4.69) is 5.32 Å². The Balaban J connectivity index is 0.000000711. The van der Waals surface area contributed by atoms with E-state index in [0.29, 0.717) is 5.56 Å². The fourth-order valence-electron chi connectivity index (χ4n) is 1.05. The van der Waals surface area contributed by atoms with Crippen LogP contribution in [0.2, 0.25) is 0 Å². The molecule has 8 heteroatoms. The minimum Gasteiger partial charge on any atom is -0.480 e. The normalized spacial score (nSPS) is 10.6. The van der Waals surface area contributed by atoms with Crippen LogP contribution < -0.4 is 5.32 Å². The van der Waals surface area contributed by atoms with Crippen molar-refractivity contribution in [3.05, 3.63) is 35.4 Å². The predicted octanol–water partition coefficient (Wildman–Crippen LogP) is 0.194. The van der Waals surface area contributed by atoms with Gasteiger partial charge in [0.25, 0.3) is 5.91 Å². The van der Waals surface area contributed by atoms with Gasteiger partial charge >= 0.3 is 16.6 Å². The van der Waals surface area contributed by atoms with Crippen molar-refractivity contribution in [2.45, 2.75) is 19.9 Å². The van der Waals surface area contributed by atoms with Gasteiger partial charge in [0.05, 0.1) is 0 Å². The lowest BCUT2D eigenvalue weighted by molar-refractivity contribution is -0.138. The smallest absolute Gasteiger partial charge is 0.425 e. The summed E-state index contributed by atoms with van der Waals surface area (Å²) in [6.45, 7) is 3.34. The standard InChI is InChI=1S/C11H13NO3.O3S/c1-7-3-5-9(6-4-7)10(13)12-8(2)11(14)15;1-4(2)3/h3-6,8H,1-2H3,(H,12,13)(H,14,15);. The summed E-state index contributed by atoms with van der Waals surface area (Å²) in [5.74, 6) is -1.42. The van der Waals surface area contributed by atoms with Crippen LogP contribution in [0.15, 0.2) is 24.3 Å². The van der Waals surface area contributed by atoms with Gasteiger partial charge in [-0.25, -0.2) is 0 Å². The van der Waals surface area contributed by atoms with Gasteiger partial charge in [0, 0.05) is 5.56 Å². The molecule has 7 nitrogen and oxygen atoms in total. The molecule has 0 bridgehead atoms. The molecule has 0 saturated carbocycles. The monoisotopic (exact) mass is 287 g/mol. The lowest BCUT2D eigenvalue weighted by atomic mass is 10.1. The van der Waals surface area contributed by atoms with Gasteiger partial charge in [0.2, 0.25) is 0 Å². The molecular weight excluding hydrogens is 274 g/mol. The van der Waals surface area contributed by atoms with Crippen LogP contribution in [0.5, 0.6) is 0 Å². The minimum atomic E-state index is -3.11. The van der Waals surface area contributed by atoms with Crippen molar-refractivity contribution >= 4 is 22.5 Å². The molecule has 0 aliphatic heterocycles. The molecule has 0 aliphatic carbocycles. The van der Waals surface area contributed by atoms with Crippen molar-refractivity contribution in [2.24, 2.45) is 0 Å². The van der Waals surface area contributed by atoms with Gasteiger partial charge in [-0.1, -0.05) is 17.7 Å². The average Bonchev–Trinajstić information content (AvgIpc) is 2.28. The Morgan fingerprint density at radius 2 is 1.58 bits per heavy atom. The Labute approximate surface area is 111 Å². The summed E-state index contributed by atoms with van der Waals surface area (Å²) in [6, 6.07) is 6.07. The van der Waals surface area contributed by atoms with Crippen molar-refractivity contribution in [2.75, 3.05) is 0 Å². The number of rotatable bonds is 3. The summed E-state index contributed by atoms with van der Waals surface area (Å²) in [5.41, 5.74) is 1.52. The molecule has 0 heterocycles. The number of carboxylic acids is 1. The van der Waals surface area contributed by atoms with Crippen molar-refractivity contribution in [3.63, 3.8) is 0 Å². The van der Waals surface area contributed by atoms with E-state index in [1.54, 1.807) is 24.3 Å². The second-order valence-corrected chi connectivity index (χ2v) is 4.01. The molecule has 0 aromatic heterocycles. The van der Waals surface area contributed by atoms with E-state index in [1.165, 1.54) is 6.92 Å². The number of hydrogen-bond acceptors (Lipinski definition) is 5. The second-order valence-electron chi connectivity index (χ2n) is 3.60. The fraction of sp³-hybridized carbons (Fsp3) is 0.273. The van der Waals surface area contributed by atoms with Gasteiger partial charge in [-0.15, -0.1) is 12.6 Å². The van der Waals surface area contributed by atoms with Crippen LogP contribution in [0, 0.1) is 6.92 Å². The molecule has 1 unspecified atom stereocenters. The summed E-state index contributed by atoms with van der Waals surface area (Å²) in [4.78, 5) is 22.0. The largest absolute Gasteiger partial charge is 0.480 e. The first-order valence-electron chi connectivity index (χ1n) is 5.11. The molecule has 0 aliphatic rings. The van der Waals surface area contributed by atoms with Crippen LogP contribution in [0.1, 0.15) is 22.8 Å². The summed E-state index contributed by atoms with van der Waals surface area (Å²) in [6.07, 6.45) is 0. The molecule has 0 saturated heterocycles. The quantitative estimate of drug-likeness (QED) is 0.819. The molecule has 1 aromatic carbocycles. The highest BCUT2D eigenvalue weighted by Crippen LogP contribution is 2.03. The lowest BCUT2D eigenvalue weighted by Gasteiger charge is -2.08. The van der Waals surface area contributed by atoms with E-state index < -0.39 is 22.6 Å². The maximum atomic E-state index is 11.5. The Morgan fingerprint density at radius 3 is 1.95 bits per heavy atom. The molecule has 19 heavy (non-hydrogen) atoms. The maximum Gasteiger partial charge on any atom is 0.425 e. The van der Waals surface area contributed by atoms with Crippen LogP contribution in [0.4, 0.5) is 0 Å². The number of aliphatic carboxylic acids is 1. The van der Waals surface area contributed by atoms with E-state index in [9.17, 15) is 9.59 Å². The molecular formula is C11H13NO6S. The van der Waals surface area contributed by atoms with Gasteiger partial charge in [-0.3, -0.25) is 9.59 Å². The summed E-state index contributed by atoms with van der Waals surface area (Å²) < 4.78 is 25.3. The molecule has 1 amide bonds. The third kappa shape index (κ3) is 7.66. The van der Waals surface area contributed by atoms with Crippen LogP contribution in [-0.4, -0.2) is 35.7 Å². The Hall–Kier alpha value is -2.22. The van der Waals surface area contributed by atoms with E-state index in [0.717, 1.165) is 5.56 Å². The van der Waals surface area contributed by atoms with Gasteiger partial charge in [-0.05, 0) is 26.0 Å². The highest BCUT2D eigenvalue weighted by atomic mass is 32.2. The zero-order chi connectivity index (χ0) is 15.0. The highest BCUT2D eigenvalue weighted by molar-refractivity contribution is 7.59. The van der Waals surface area contributed by atoms with Crippen molar-refractivity contribution in [1.29, 1.82) is 0 Å².